The molecule has 0 radical (unpaired) electrons. The predicted octanol–water partition coefficient (Wildman–Crippen LogP) is 6.83. The van der Waals surface area contributed by atoms with Crippen molar-refractivity contribution in [3.8, 4) is 0 Å². The Balaban J connectivity index is 1.73. The van der Waals surface area contributed by atoms with Crippen LogP contribution in [-0.2, 0) is 17.5 Å². The number of amides is 1. The summed E-state index contributed by atoms with van der Waals surface area (Å²) in [5, 5.41) is 12.9. The smallest absolute Gasteiger partial charge is 0.433 e. The van der Waals surface area contributed by atoms with E-state index in [1.807, 2.05) is 0 Å². The van der Waals surface area contributed by atoms with Crippen LogP contribution in [0.2, 0.25) is 10.0 Å². The molecule has 4 rings (SSSR count). The van der Waals surface area contributed by atoms with Gasteiger partial charge in [-0.25, -0.2) is 8.78 Å². The van der Waals surface area contributed by atoms with Gasteiger partial charge in [-0.1, -0.05) is 29.3 Å². The first-order valence-electron chi connectivity index (χ1n) is 12.3. The third-order valence-corrected chi connectivity index (χ3v) is 7.48. The number of aromatic nitrogens is 2. The van der Waals surface area contributed by atoms with Crippen molar-refractivity contribution in [1.29, 1.82) is 0 Å². The average Bonchev–Trinajstić information content (AvgIpc) is 3.33. The largest absolute Gasteiger partial charge is 0.481 e. The van der Waals surface area contributed by atoms with Gasteiger partial charge in [0.25, 0.3) is 5.91 Å². The van der Waals surface area contributed by atoms with E-state index in [1.54, 1.807) is 0 Å². The molecule has 0 spiro atoms. The van der Waals surface area contributed by atoms with E-state index >= 15 is 0 Å². The number of ketones is 1. The molecule has 0 saturated heterocycles. The molecular formula is C27H22Cl2F5N3O4. The Bertz CT molecular complexity index is 1450. The molecule has 0 unspecified atom stereocenters. The summed E-state index contributed by atoms with van der Waals surface area (Å²) < 4.78 is 71.6. The Labute approximate surface area is 240 Å². The van der Waals surface area contributed by atoms with Gasteiger partial charge in [-0.2, -0.15) is 18.3 Å². The van der Waals surface area contributed by atoms with Crippen molar-refractivity contribution in [2.45, 2.75) is 44.4 Å². The highest BCUT2D eigenvalue weighted by Gasteiger charge is 2.43. The number of alkyl halides is 3. The summed E-state index contributed by atoms with van der Waals surface area (Å²) in [5.41, 5.74) is -2.56. The molecule has 1 fully saturated rings. The number of nitrogens with zero attached hydrogens (tertiary/aromatic N) is 3. The minimum atomic E-state index is -5.06. The summed E-state index contributed by atoms with van der Waals surface area (Å²) in [6, 6.07) is 5.71. The van der Waals surface area contributed by atoms with E-state index in [2.05, 4.69) is 5.10 Å². The summed E-state index contributed by atoms with van der Waals surface area (Å²) in [5.74, 6) is -5.81. The molecule has 1 amide bonds. The number of hydrogen-bond acceptors (Lipinski definition) is 4. The maximum Gasteiger partial charge on any atom is 0.433 e. The summed E-state index contributed by atoms with van der Waals surface area (Å²) in [6.07, 6.45) is -3.90. The zero-order chi connectivity index (χ0) is 30.1. The van der Waals surface area contributed by atoms with Crippen molar-refractivity contribution in [2.24, 2.45) is 5.92 Å². The van der Waals surface area contributed by atoms with Crippen molar-refractivity contribution >= 4 is 40.9 Å². The lowest BCUT2D eigenvalue weighted by Gasteiger charge is -2.28. The van der Waals surface area contributed by atoms with Gasteiger partial charge in [0.1, 0.15) is 11.6 Å². The second kappa shape index (κ2) is 12.2. The molecule has 1 saturated carbocycles. The highest BCUT2D eigenvalue weighted by Crippen LogP contribution is 2.39. The van der Waals surface area contributed by atoms with Gasteiger partial charge < -0.3 is 10.0 Å². The van der Waals surface area contributed by atoms with Crippen LogP contribution in [0.15, 0.2) is 42.6 Å². The third kappa shape index (κ3) is 6.87. The molecule has 1 heterocycles. The SMILES string of the molecule is O=C(CN(Cc1cc(F)cc(F)c1)C(=O)c1cnn([C@H]2CC[C@H](C(=O)O)CC2)c1C(F)(F)F)c1c(Cl)cccc1Cl. The number of hydrogen-bond donors (Lipinski definition) is 1. The molecule has 1 aliphatic rings. The molecule has 1 aromatic heterocycles. The number of carbonyl (C=O) groups excluding carboxylic acids is 2. The molecular weight excluding hydrogens is 596 g/mol. The summed E-state index contributed by atoms with van der Waals surface area (Å²) in [6.45, 7) is -1.46. The van der Waals surface area contributed by atoms with E-state index in [4.69, 9.17) is 23.2 Å². The Morgan fingerprint density at radius 2 is 1.59 bits per heavy atom. The first kappa shape index (κ1) is 30.4. The van der Waals surface area contributed by atoms with Crippen LogP contribution in [0.3, 0.4) is 0 Å². The van der Waals surface area contributed by atoms with E-state index in [-0.39, 0.29) is 46.9 Å². The zero-order valence-electron chi connectivity index (χ0n) is 21.1. The molecule has 1 N–H and O–H groups in total. The lowest BCUT2D eigenvalue weighted by Crippen LogP contribution is -2.37. The fourth-order valence-electron chi connectivity index (χ4n) is 4.95. The first-order valence-corrected chi connectivity index (χ1v) is 13.1. The molecule has 0 bridgehead atoms. The first-order chi connectivity index (χ1) is 19.3. The number of Topliss-reactive ketones (excluding diaryl/α,β-unsaturated/α-hetero) is 1. The van der Waals surface area contributed by atoms with Crippen LogP contribution in [-0.4, -0.2) is 44.0 Å². The van der Waals surface area contributed by atoms with Gasteiger partial charge in [0.05, 0.1) is 45.9 Å². The van der Waals surface area contributed by atoms with Crippen LogP contribution in [0.1, 0.15) is 63.7 Å². The van der Waals surface area contributed by atoms with Crippen LogP contribution in [0, 0.1) is 17.6 Å². The van der Waals surface area contributed by atoms with E-state index < -0.39 is 71.8 Å². The number of halogens is 7. The normalized spacial score (nSPS) is 17.3. The Morgan fingerprint density at radius 1 is 1.00 bits per heavy atom. The fourth-order valence-corrected chi connectivity index (χ4v) is 5.56. The quantitative estimate of drug-likeness (QED) is 0.221. The van der Waals surface area contributed by atoms with Gasteiger partial charge >= 0.3 is 12.1 Å². The number of carboxylic acids is 1. The molecule has 0 aliphatic heterocycles. The van der Waals surface area contributed by atoms with E-state index in [9.17, 15) is 41.4 Å². The molecule has 1 aliphatic carbocycles. The maximum absolute atomic E-state index is 14.4. The molecule has 14 heteroatoms. The zero-order valence-corrected chi connectivity index (χ0v) is 22.6. The Kier molecular flexibility index (Phi) is 9.03. The molecule has 218 valence electrons. The number of aliphatic carboxylic acids is 1. The molecule has 3 aromatic rings. The van der Waals surface area contributed by atoms with Crippen molar-refractivity contribution in [3.63, 3.8) is 0 Å². The van der Waals surface area contributed by atoms with Crippen LogP contribution in [0.25, 0.3) is 0 Å². The van der Waals surface area contributed by atoms with Crippen LogP contribution >= 0.6 is 23.2 Å². The maximum atomic E-state index is 14.4. The Hall–Kier alpha value is -3.51. The van der Waals surface area contributed by atoms with Crippen molar-refractivity contribution in [2.75, 3.05) is 6.54 Å². The molecule has 2 aromatic carbocycles. The van der Waals surface area contributed by atoms with Crippen molar-refractivity contribution in [3.05, 3.63) is 86.7 Å². The van der Waals surface area contributed by atoms with E-state index in [0.29, 0.717) is 15.6 Å². The van der Waals surface area contributed by atoms with E-state index in [0.717, 1.165) is 18.3 Å². The van der Waals surface area contributed by atoms with Gasteiger partial charge in [0.2, 0.25) is 0 Å². The highest BCUT2D eigenvalue weighted by atomic mass is 35.5. The fraction of sp³-hybridized carbons (Fsp3) is 0.333. The summed E-state index contributed by atoms with van der Waals surface area (Å²) in [4.78, 5) is 38.8. The lowest BCUT2D eigenvalue weighted by atomic mass is 9.86. The second-order valence-corrected chi connectivity index (χ2v) is 10.5. The van der Waals surface area contributed by atoms with Crippen LogP contribution in [0.4, 0.5) is 22.0 Å². The second-order valence-electron chi connectivity index (χ2n) is 9.65. The number of carboxylic acid groups (broad SMARTS) is 1. The molecule has 41 heavy (non-hydrogen) atoms. The van der Waals surface area contributed by atoms with Gasteiger partial charge in [-0.15, -0.1) is 0 Å². The third-order valence-electron chi connectivity index (χ3n) is 6.85. The molecule has 7 nitrogen and oxygen atoms in total. The van der Waals surface area contributed by atoms with Gasteiger partial charge in [-0.3, -0.25) is 19.1 Å². The summed E-state index contributed by atoms with van der Waals surface area (Å²) in [7, 11) is 0. The summed E-state index contributed by atoms with van der Waals surface area (Å²) >= 11 is 12.2. The van der Waals surface area contributed by atoms with Crippen molar-refractivity contribution < 1.29 is 41.4 Å². The number of carbonyl (C=O) groups is 3. The molecule has 0 atom stereocenters. The number of benzene rings is 2. The van der Waals surface area contributed by atoms with E-state index in [1.165, 1.54) is 18.2 Å². The van der Waals surface area contributed by atoms with Gasteiger partial charge in [0, 0.05) is 12.6 Å². The topological polar surface area (TPSA) is 92.5 Å². The Morgan fingerprint density at radius 3 is 2.12 bits per heavy atom. The minimum absolute atomic E-state index is 0.0625. The lowest BCUT2D eigenvalue weighted by molar-refractivity contribution is -0.147. The van der Waals surface area contributed by atoms with Crippen LogP contribution in [0.5, 0.6) is 0 Å². The predicted molar refractivity (Wildman–Crippen MR) is 138 cm³/mol. The minimum Gasteiger partial charge on any atom is -0.481 e. The monoisotopic (exact) mass is 617 g/mol. The number of rotatable bonds is 8. The van der Waals surface area contributed by atoms with Crippen LogP contribution < -0.4 is 0 Å². The van der Waals surface area contributed by atoms with Gasteiger partial charge in [0.15, 0.2) is 11.5 Å². The highest BCUT2D eigenvalue weighted by molar-refractivity contribution is 6.40. The average molecular weight is 618 g/mol. The van der Waals surface area contributed by atoms with Crippen molar-refractivity contribution in [1.82, 2.24) is 14.7 Å². The standard InChI is InChI=1S/C27H22Cl2F5N3O4/c28-20-2-1-3-21(29)23(20)22(38)13-36(12-14-8-16(30)10-17(31)9-14)25(39)19-11-35-37(24(19)27(32,33)34)18-6-4-15(5-7-18)26(40)41/h1-3,8-11,15,18H,4-7,12-13H2,(H,40,41)/t15-,18-. The van der Waals surface area contributed by atoms with Gasteiger partial charge in [-0.05, 0) is 55.5 Å².